The zero-order chi connectivity index (χ0) is 21.7. The van der Waals surface area contributed by atoms with E-state index in [0.717, 1.165) is 31.7 Å². The quantitative estimate of drug-likeness (QED) is 0.352. The number of likely N-dealkylation sites (N-methyl/N-ethyl adjacent to an activating group) is 1. The summed E-state index contributed by atoms with van der Waals surface area (Å²) in [5.74, 6) is 0.322. The molecule has 2 fully saturated rings. The Morgan fingerprint density at radius 3 is 2.63 bits per heavy atom. The fourth-order valence-electron chi connectivity index (χ4n) is 3.08. The van der Waals surface area contributed by atoms with Crippen molar-refractivity contribution >= 4 is 46.3 Å². The van der Waals surface area contributed by atoms with Crippen LogP contribution in [0, 0.1) is 0 Å². The van der Waals surface area contributed by atoms with Crippen molar-refractivity contribution in [3.63, 3.8) is 0 Å². The lowest BCUT2D eigenvalue weighted by Gasteiger charge is -2.37. The van der Waals surface area contributed by atoms with Gasteiger partial charge in [0.1, 0.15) is 0 Å². The molecule has 1 amide bonds. The molecule has 0 bridgehead atoms. The number of hydrogen-bond acceptors (Lipinski definition) is 9. The Kier molecular flexibility index (Phi) is 7.70. The SMILES string of the molecule is CCOC(=O)COc1ccc(/C=C2\SC(=S)N(N3CCN(C)CC3)C2=O)cc1OC. The van der Waals surface area contributed by atoms with Crippen LogP contribution < -0.4 is 9.47 Å². The predicted octanol–water partition coefficient (Wildman–Crippen LogP) is 2.00. The molecule has 162 valence electrons. The second-order valence-corrected chi connectivity index (χ2v) is 8.43. The molecule has 30 heavy (non-hydrogen) atoms. The van der Waals surface area contributed by atoms with Gasteiger partial charge in [-0.3, -0.25) is 4.79 Å². The number of piperazine rings is 1. The molecule has 0 saturated carbocycles. The summed E-state index contributed by atoms with van der Waals surface area (Å²) in [6, 6.07) is 5.25. The number of carbonyl (C=O) groups is 2. The number of rotatable bonds is 7. The zero-order valence-electron chi connectivity index (χ0n) is 17.3. The Bertz CT molecular complexity index is 853. The summed E-state index contributed by atoms with van der Waals surface area (Å²) >= 11 is 6.74. The molecular weight excluding hydrogens is 426 g/mol. The van der Waals surface area contributed by atoms with E-state index in [-0.39, 0.29) is 12.5 Å². The van der Waals surface area contributed by atoms with Gasteiger partial charge in [0.05, 0.1) is 18.6 Å². The van der Waals surface area contributed by atoms with Crippen molar-refractivity contribution < 1.29 is 23.8 Å². The van der Waals surface area contributed by atoms with E-state index < -0.39 is 5.97 Å². The van der Waals surface area contributed by atoms with Gasteiger partial charge in [-0.15, -0.1) is 0 Å². The molecule has 3 rings (SSSR count). The summed E-state index contributed by atoms with van der Waals surface area (Å²) in [7, 11) is 3.58. The Labute approximate surface area is 185 Å². The monoisotopic (exact) mass is 451 g/mol. The molecular formula is C20H25N3O5S2. The van der Waals surface area contributed by atoms with Crippen LogP contribution >= 0.6 is 24.0 Å². The van der Waals surface area contributed by atoms with Gasteiger partial charge in [0.2, 0.25) is 0 Å². The second kappa shape index (κ2) is 10.3. The maximum absolute atomic E-state index is 12.9. The largest absolute Gasteiger partial charge is 0.493 e. The molecule has 2 aliphatic heterocycles. The van der Waals surface area contributed by atoms with Gasteiger partial charge in [0.15, 0.2) is 22.4 Å². The van der Waals surface area contributed by atoms with Crippen molar-refractivity contribution in [2.45, 2.75) is 6.92 Å². The standard InChI is InChI=1S/C20H25N3O5S2/c1-4-27-18(24)13-28-15-6-5-14(11-16(15)26-3)12-17-19(25)23(20(29)30-17)22-9-7-21(2)8-10-22/h5-6,11-12H,4,7-10,13H2,1-3H3/b17-12-. The van der Waals surface area contributed by atoms with Crippen LogP contribution in [0.15, 0.2) is 23.1 Å². The van der Waals surface area contributed by atoms with Crippen molar-refractivity contribution in [1.29, 1.82) is 0 Å². The number of thiocarbonyl (C=S) groups is 1. The minimum atomic E-state index is -0.448. The Morgan fingerprint density at radius 1 is 1.23 bits per heavy atom. The summed E-state index contributed by atoms with van der Waals surface area (Å²) in [5, 5.41) is 3.61. The van der Waals surface area contributed by atoms with Crippen LogP contribution in [0.5, 0.6) is 11.5 Å². The van der Waals surface area contributed by atoms with E-state index in [4.69, 9.17) is 26.4 Å². The summed E-state index contributed by atoms with van der Waals surface area (Å²) in [6.45, 7) is 5.13. The molecule has 8 nitrogen and oxygen atoms in total. The van der Waals surface area contributed by atoms with Crippen LogP contribution in [0.3, 0.4) is 0 Å². The maximum Gasteiger partial charge on any atom is 0.344 e. The zero-order valence-corrected chi connectivity index (χ0v) is 18.9. The van der Waals surface area contributed by atoms with Gasteiger partial charge < -0.3 is 19.1 Å². The third-order valence-electron chi connectivity index (χ3n) is 4.67. The number of nitrogens with zero attached hydrogens (tertiary/aromatic N) is 3. The molecule has 2 aliphatic rings. The van der Waals surface area contributed by atoms with Crippen molar-refractivity contribution in [3.8, 4) is 11.5 Å². The van der Waals surface area contributed by atoms with Crippen molar-refractivity contribution in [3.05, 3.63) is 28.7 Å². The molecule has 0 unspecified atom stereocenters. The highest BCUT2D eigenvalue weighted by Gasteiger charge is 2.37. The number of esters is 1. The molecule has 0 atom stereocenters. The number of benzene rings is 1. The van der Waals surface area contributed by atoms with Crippen LogP contribution in [0.1, 0.15) is 12.5 Å². The molecule has 0 aliphatic carbocycles. The summed E-state index contributed by atoms with van der Waals surface area (Å²) < 4.78 is 16.2. The number of ether oxygens (including phenoxy) is 3. The van der Waals surface area contributed by atoms with Gasteiger partial charge in [-0.1, -0.05) is 30.0 Å². The first-order valence-corrected chi connectivity index (χ1v) is 10.8. The first-order valence-electron chi connectivity index (χ1n) is 9.60. The topological polar surface area (TPSA) is 71.6 Å². The van der Waals surface area contributed by atoms with Crippen LogP contribution in [0.2, 0.25) is 0 Å². The highest BCUT2D eigenvalue weighted by Crippen LogP contribution is 2.35. The number of amides is 1. The third kappa shape index (κ3) is 5.31. The average molecular weight is 452 g/mol. The van der Waals surface area contributed by atoms with Gasteiger partial charge in [0.25, 0.3) is 5.91 Å². The van der Waals surface area contributed by atoms with Crippen LogP contribution in [0.25, 0.3) is 6.08 Å². The van der Waals surface area contributed by atoms with Crippen molar-refractivity contribution in [2.75, 3.05) is 53.6 Å². The highest BCUT2D eigenvalue weighted by molar-refractivity contribution is 8.26. The van der Waals surface area contributed by atoms with Gasteiger partial charge in [-0.25, -0.2) is 14.8 Å². The maximum atomic E-state index is 12.9. The average Bonchev–Trinajstić information content (AvgIpc) is 3.01. The number of hydrogen-bond donors (Lipinski definition) is 0. The van der Waals surface area contributed by atoms with Gasteiger partial charge in [0, 0.05) is 26.2 Å². The number of hydrazine groups is 1. The van der Waals surface area contributed by atoms with Crippen LogP contribution in [0.4, 0.5) is 0 Å². The number of thioether (sulfide) groups is 1. The van der Waals surface area contributed by atoms with E-state index in [0.29, 0.717) is 27.3 Å². The molecule has 0 N–H and O–H groups in total. The molecule has 0 radical (unpaired) electrons. The van der Waals surface area contributed by atoms with E-state index in [1.807, 2.05) is 5.01 Å². The van der Waals surface area contributed by atoms with Gasteiger partial charge in [-0.2, -0.15) is 0 Å². The molecule has 1 aromatic carbocycles. The summed E-state index contributed by atoms with van der Waals surface area (Å²) in [5.41, 5.74) is 0.772. The first kappa shape index (κ1) is 22.5. The van der Waals surface area contributed by atoms with E-state index in [2.05, 4.69) is 11.9 Å². The van der Waals surface area contributed by atoms with Crippen LogP contribution in [-0.2, 0) is 14.3 Å². The van der Waals surface area contributed by atoms with Gasteiger partial charge in [-0.05, 0) is 37.7 Å². The van der Waals surface area contributed by atoms with E-state index >= 15 is 0 Å². The first-order chi connectivity index (χ1) is 14.4. The summed E-state index contributed by atoms with van der Waals surface area (Å²) in [6.07, 6.45) is 1.78. The minimum absolute atomic E-state index is 0.115. The lowest BCUT2D eigenvalue weighted by atomic mass is 10.2. The van der Waals surface area contributed by atoms with E-state index in [9.17, 15) is 9.59 Å². The van der Waals surface area contributed by atoms with Crippen molar-refractivity contribution in [1.82, 2.24) is 14.9 Å². The number of methoxy groups -OCH3 is 1. The second-order valence-electron chi connectivity index (χ2n) is 6.75. The Morgan fingerprint density at radius 2 is 1.97 bits per heavy atom. The van der Waals surface area contributed by atoms with Gasteiger partial charge >= 0.3 is 5.97 Å². The van der Waals surface area contributed by atoms with E-state index in [1.54, 1.807) is 36.2 Å². The number of carbonyl (C=O) groups excluding carboxylic acids is 2. The fraction of sp³-hybridized carbons (Fsp3) is 0.450. The van der Waals surface area contributed by atoms with Crippen LogP contribution in [-0.4, -0.2) is 84.7 Å². The minimum Gasteiger partial charge on any atom is -0.493 e. The van der Waals surface area contributed by atoms with Crippen molar-refractivity contribution in [2.24, 2.45) is 0 Å². The van der Waals surface area contributed by atoms with E-state index in [1.165, 1.54) is 18.9 Å². The normalized spacial score (nSPS) is 19.4. The molecule has 2 heterocycles. The molecule has 10 heteroatoms. The summed E-state index contributed by atoms with van der Waals surface area (Å²) in [4.78, 5) is 27.2. The molecule has 0 spiro atoms. The highest BCUT2D eigenvalue weighted by atomic mass is 32.2. The third-order valence-corrected chi connectivity index (χ3v) is 5.96. The lowest BCUT2D eigenvalue weighted by molar-refractivity contribution is -0.145. The molecule has 2 saturated heterocycles. The lowest BCUT2D eigenvalue weighted by Crippen LogP contribution is -2.54. The Hall–Kier alpha value is -2.14. The Balaban J connectivity index is 1.72. The molecule has 1 aromatic rings. The molecule has 0 aromatic heterocycles. The smallest absolute Gasteiger partial charge is 0.344 e. The fourth-order valence-corrected chi connectivity index (χ4v) is 4.39. The predicted molar refractivity (Wildman–Crippen MR) is 119 cm³/mol.